The van der Waals surface area contributed by atoms with Crippen LogP contribution < -0.4 is 5.73 Å². The Labute approximate surface area is 93.9 Å². The summed E-state index contributed by atoms with van der Waals surface area (Å²) in [6.07, 6.45) is 0.903. The van der Waals surface area contributed by atoms with Gasteiger partial charge < -0.3 is 10.7 Å². The van der Waals surface area contributed by atoms with Crippen LogP contribution in [0, 0.1) is 5.92 Å². The lowest BCUT2D eigenvalue weighted by molar-refractivity contribution is 0.100. The maximum Gasteiger partial charge on any atom is 0.248 e. The van der Waals surface area contributed by atoms with Crippen LogP contribution in [0.1, 0.15) is 30.0 Å². The van der Waals surface area contributed by atoms with Gasteiger partial charge in [-0.2, -0.15) is 0 Å². The van der Waals surface area contributed by atoms with Crippen LogP contribution in [0.25, 0.3) is 11.0 Å². The van der Waals surface area contributed by atoms with Crippen LogP contribution in [-0.4, -0.2) is 15.9 Å². The Balaban J connectivity index is 2.42. The topological polar surface area (TPSA) is 71.8 Å². The van der Waals surface area contributed by atoms with Crippen molar-refractivity contribution in [2.75, 3.05) is 0 Å². The number of H-pyrrole nitrogens is 1. The van der Waals surface area contributed by atoms with E-state index in [1.807, 2.05) is 6.07 Å². The van der Waals surface area contributed by atoms with Gasteiger partial charge in [0.05, 0.1) is 11.0 Å². The summed E-state index contributed by atoms with van der Waals surface area (Å²) in [5.74, 6) is 1.09. The molecule has 0 fully saturated rings. The number of carbonyl (C=O) groups is 1. The number of nitrogens with zero attached hydrogens (tertiary/aromatic N) is 1. The third-order valence-electron chi connectivity index (χ3n) is 2.42. The van der Waals surface area contributed by atoms with Gasteiger partial charge in [-0.25, -0.2) is 4.98 Å². The number of benzene rings is 1. The third kappa shape index (κ3) is 2.05. The second-order valence-corrected chi connectivity index (χ2v) is 4.38. The number of primary amides is 1. The van der Waals surface area contributed by atoms with E-state index < -0.39 is 5.91 Å². The van der Waals surface area contributed by atoms with Gasteiger partial charge in [0.15, 0.2) is 0 Å². The molecule has 2 rings (SSSR count). The first-order valence-electron chi connectivity index (χ1n) is 5.34. The number of imidazole rings is 1. The van der Waals surface area contributed by atoms with Crippen LogP contribution in [0.5, 0.6) is 0 Å². The highest BCUT2D eigenvalue weighted by atomic mass is 16.1. The highest BCUT2D eigenvalue weighted by Gasteiger charge is 2.07. The van der Waals surface area contributed by atoms with Crippen LogP contribution in [0.2, 0.25) is 0 Å². The molecule has 0 atom stereocenters. The zero-order valence-electron chi connectivity index (χ0n) is 9.45. The fourth-order valence-electron chi connectivity index (χ4n) is 1.70. The highest BCUT2D eigenvalue weighted by molar-refractivity contribution is 5.96. The smallest absolute Gasteiger partial charge is 0.248 e. The Morgan fingerprint density at radius 2 is 2.25 bits per heavy atom. The molecule has 0 aliphatic heterocycles. The molecule has 84 valence electrons. The lowest BCUT2D eigenvalue weighted by atomic mass is 10.1. The molecule has 0 unspecified atom stereocenters. The number of aromatic nitrogens is 2. The van der Waals surface area contributed by atoms with E-state index in [1.54, 1.807) is 12.1 Å². The number of rotatable bonds is 3. The minimum atomic E-state index is -0.415. The van der Waals surface area contributed by atoms with Crippen LogP contribution >= 0.6 is 0 Å². The molecule has 2 aromatic rings. The van der Waals surface area contributed by atoms with Crippen LogP contribution in [-0.2, 0) is 6.42 Å². The van der Waals surface area contributed by atoms with Crippen molar-refractivity contribution in [3.8, 4) is 0 Å². The van der Waals surface area contributed by atoms with Crippen molar-refractivity contribution in [2.24, 2.45) is 11.7 Å². The van der Waals surface area contributed by atoms with Gasteiger partial charge in [-0.05, 0) is 24.1 Å². The highest BCUT2D eigenvalue weighted by Crippen LogP contribution is 2.15. The second kappa shape index (κ2) is 3.96. The van der Waals surface area contributed by atoms with Crippen molar-refractivity contribution in [3.05, 3.63) is 29.6 Å². The lowest BCUT2D eigenvalue weighted by Gasteiger charge is -1.98. The quantitative estimate of drug-likeness (QED) is 0.823. The van der Waals surface area contributed by atoms with E-state index >= 15 is 0 Å². The number of fused-ring (bicyclic) bond motifs is 1. The number of nitrogens with two attached hydrogens (primary N) is 1. The van der Waals surface area contributed by atoms with Gasteiger partial charge in [0.1, 0.15) is 5.82 Å². The zero-order chi connectivity index (χ0) is 11.7. The van der Waals surface area contributed by atoms with Gasteiger partial charge >= 0.3 is 0 Å². The average Bonchev–Trinajstić information content (AvgIpc) is 2.56. The fraction of sp³-hybridized carbons (Fsp3) is 0.333. The molecular weight excluding hydrogens is 202 g/mol. The Kier molecular flexibility index (Phi) is 2.64. The molecule has 3 N–H and O–H groups in total. The van der Waals surface area contributed by atoms with Crippen molar-refractivity contribution in [1.82, 2.24) is 9.97 Å². The largest absolute Gasteiger partial charge is 0.366 e. The summed E-state index contributed by atoms with van der Waals surface area (Å²) in [4.78, 5) is 18.7. The molecule has 0 aliphatic rings. The molecule has 1 aromatic carbocycles. The molecule has 1 amide bonds. The minimum Gasteiger partial charge on any atom is -0.366 e. The first-order chi connectivity index (χ1) is 7.56. The summed E-state index contributed by atoms with van der Waals surface area (Å²) < 4.78 is 0. The maximum absolute atomic E-state index is 11.0. The summed E-state index contributed by atoms with van der Waals surface area (Å²) in [7, 11) is 0. The van der Waals surface area contributed by atoms with E-state index in [0.717, 1.165) is 23.3 Å². The molecule has 1 aromatic heterocycles. The Bertz CT molecular complexity index is 528. The molecule has 4 heteroatoms. The van der Waals surface area contributed by atoms with Gasteiger partial charge in [0.25, 0.3) is 0 Å². The third-order valence-corrected chi connectivity index (χ3v) is 2.42. The maximum atomic E-state index is 11.0. The molecule has 0 saturated heterocycles. The molecular formula is C12H15N3O. The summed E-state index contributed by atoms with van der Waals surface area (Å²) in [6, 6.07) is 5.26. The molecule has 0 saturated carbocycles. The molecule has 0 radical (unpaired) electrons. The Morgan fingerprint density at radius 3 is 2.88 bits per heavy atom. The molecule has 16 heavy (non-hydrogen) atoms. The number of nitrogens with one attached hydrogen (secondary N) is 1. The van der Waals surface area contributed by atoms with Crippen LogP contribution in [0.3, 0.4) is 0 Å². The van der Waals surface area contributed by atoms with E-state index in [4.69, 9.17) is 5.73 Å². The van der Waals surface area contributed by atoms with Gasteiger partial charge in [0, 0.05) is 12.0 Å². The summed E-state index contributed by atoms with van der Waals surface area (Å²) >= 11 is 0. The average molecular weight is 217 g/mol. The van der Waals surface area contributed by atoms with Crippen LogP contribution in [0.4, 0.5) is 0 Å². The Morgan fingerprint density at radius 1 is 1.50 bits per heavy atom. The SMILES string of the molecule is CC(C)Cc1nc2ccc(C(N)=O)cc2[nH]1. The molecule has 0 spiro atoms. The minimum absolute atomic E-state index is 0.415. The van der Waals surface area contributed by atoms with Gasteiger partial charge in [-0.15, -0.1) is 0 Å². The van der Waals surface area contributed by atoms with Gasteiger partial charge in [-0.1, -0.05) is 13.8 Å². The summed E-state index contributed by atoms with van der Waals surface area (Å²) in [6.45, 7) is 4.28. The lowest BCUT2D eigenvalue weighted by Crippen LogP contribution is -2.10. The molecule has 4 nitrogen and oxygen atoms in total. The van der Waals surface area contributed by atoms with E-state index in [2.05, 4.69) is 23.8 Å². The van der Waals surface area contributed by atoms with Crippen LogP contribution in [0.15, 0.2) is 18.2 Å². The standard InChI is InChI=1S/C12H15N3O/c1-7(2)5-11-14-9-4-3-8(12(13)16)6-10(9)15-11/h3-4,6-7H,5H2,1-2H3,(H2,13,16)(H,14,15). The van der Waals surface area contributed by atoms with Crippen molar-refractivity contribution >= 4 is 16.9 Å². The normalized spacial score (nSPS) is 11.2. The fourth-order valence-corrected chi connectivity index (χ4v) is 1.70. The monoisotopic (exact) mass is 217 g/mol. The second-order valence-electron chi connectivity index (χ2n) is 4.38. The number of carbonyl (C=O) groups excluding carboxylic acids is 1. The van der Waals surface area contributed by atoms with Crippen molar-refractivity contribution < 1.29 is 4.79 Å². The molecule has 0 bridgehead atoms. The molecule has 0 aliphatic carbocycles. The summed E-state index contributed by atoms with van der Waals surface area (Å²) in [5.41, 5.74) is 7.47. The van der Waals surface area contributed by atoms with E-state index in [1.165, 1.54) is 0 Å². The first kappa shape index (κ1) is 10.7. The summed E-state index contributed by atoms with van der Waals surface area (Å²) in [5, 5.41) is 0. The number of amides is 1. The predicted octanol–water partition coefficient (Wildman–Crippen LogP) is 1.86. The Hall–Kier alpha value is -1.84. The molecule has 1 heterocycles. The van der Waals surface area contributed by atoms with E-state index in [9.17, 15) is 4.79 Å². The van der Waals surface area contributed by atoms with Gasteiger partial charge in [-0.3, -0.25) is 4.79 Å². The van der Waals surface area contributed by atoms with Crippen molar-refractivity contribution in [1.29, 1.82) is 0 Å². The predicted molar refractivity (Wildman–Crippen MR) is 63.2 cm³/mol. The zero-order valence-corrected chi connectivity index (χ0v) is 9.45. The first-order valence-corrected chi connectivity index (χ1v) is 5.34. The van der Waals surface area contributed by atoms with Gasteiger partial charge in [0.2, 0.25) is 5.91 Å². The number of hydrogen-bond acceptors (Lipinski definition) is 2. The van der Waals surface area contributed by atoms with E-state index in [0.29, 0.717) is 11.5 Å². The van der Waals surface area contributed by atoms with Crippen molar-refractivity contribution in [3.63, 3.8) is 0 Å². The number of aromatic amines is 1. The van der Waals surface area contributed by atoms with Crippen molar-refractivity contribution in [2.45, 2.75) is 20.3 Å². The van der Waals surface area contributed by atoms with E-state index in [-0.39, 0.29) is 0 Å². The number of hydrogen-bond donors (Lipinski definition) is 2.